The standard InChI is InChI=1S/C15H12N4/c1-2-14-17-7-8-19(14)15-9-11(10-16)12-5-3-4-6-13(12)18-15/h3-9H,2H2,1H3. The lowest BCUT2D eigenvalue weighted by Crippen LogP contribution is -2.02. The van der Waals surface area contributed by atoms with Crippen LogP contribution in [0.15, 0.2) is 42.7 Å². The molecule has 0 aliphatic carbocycles. The van der Waals surface area contributed by atoms with Crippen LogP contribution in [0.25, 0.3) is 16.7 Å². The maximum Gasteiger partial charge on any atom is 0.140 e. The molecule has 19 heavy (non-hydrogen) atoms. The summed E-state index contributed by atoms with van der Waals surface area (Å²) < 4.78 is 1.92. The van der Waals surface area contributed by atoms with Crippen molar-refractivity contribution in [2.75, 3.05) is 0 Å². The normalized spacial score (nSPS) is 10.5. The lowest BCUT2D eigenvalue weighted by atomic mass is 10.1. The highest BCUT2D eigenvalue weighted by Gasteiger charge is 2.09. The molecule has 0 fully saturated rings. The second-order valence-corrected chi connectivity index (χ2v) is 4.22. The van der Waals surface area contributed by atoms with Gasteiger partial charge in [0.05, 0.1) is 17.1 Å². The first-order valence-electron chi connectivity index (χ1n) is 6.16. The summed E-state index contributed by atoms with van der Waals surface area (Å²) >= 11 is 0. The summed E-state index contributed by atoms with van der Waals surface area (Å²) in [6.45, 7) is 2.05. The molecule has 2 heterocycles. The van der Waals surface area contributed by atoms with E-state index in [2.05, 4.69) is 16.0 Å². The first-order chi connectivity index (χ1) is 9.33. The molecule has 0 aliphatic heterocycles. The van der Waals surface area contributed by atoms with E-state index in [1.165, 1.54) is 0 Å². The fraction of sp³-hybridized carbons (Fsp3) is 0.133. The van der Waals surface area contributed by atoms with Crippen molar-refractivity contribution in [2.24, 2.45) is 0 Å². The molecule has 3 aromatic rings. The van der Waals surface area contributed by atoms with Crippen LogP contribution in [-0.4, -0.2) is 14.5 Å². The van der Waals surface area contributed by atoms with Crippen molar-refractivity contribution in [3.05, 3.63) is 54.1 Å². The third-order valence-corrected chi connectivity index (χ3v) is 3.10. The van der Waals surface area contributed by atoms with E-state index < -0.39 is 0 Å². The number of hydrogen-bond acceptors (Lipinski definition) is 3. The molecule has 92 valence electrons. The Balaban J connectivity index is 2.29. The largest absolute Gasteiger partial charge is 0.288 e. The van der Waals surface area contributed by atoms with Crippen molar-refractivity contribution in [1.29, 1.82) is 5.26 Å². The van der Waals surface area contributed by atoms with E-state index in [9.17, 15) is 5.26 Å². The molecule has 0 unspecified atom stereocenters. The molecule has 0 atom stereocenters. The lowest BCUT2D eigenvalue weighted by Gasteiger charge is -2.08. The van der Waals surface area contributed by atoms with Crippen LogP contribution in [0.3, 0.4) is 0 Å². The van der Waals surface area contributed by atoms with Crippen molar-refractivity contribution in [2.45, 2.75) is 13.3 Å². The number of pyridine rings is 1. The van der Waals surface area contributed by atoms with Gasteiger partial charge in [-0.2, -0.15) is 5.26 Å². The molecule has 0 amide bonds. The van der Waals surface area contributed by atoms with Crippen molar-refractivity contribution < 1.29 is 0 Å². The second-order valence-electron chi connectivity index (χ2n) is 4.22. The van der Waals surface area contributed by atoms with Gasteiger partial charge in [-0.05, 0) is 12.1 Å². The molecule has 0 saturated carbocycles. The highest BCUT2D eigenvalue weighted by molar-refractivity contribution is 5.85. The fourth-order valence-corrected chi connectivity index (χ4v) is 2.18. The monoisotopic (exact) mass is 248 g/mol. The van der Waals surface area contributed by atoms with Gasteiger partial charge in [-0.25, -0.2) is 9.97 Å². The number of aromatic nitrogens is 3. The Morgan fingerprint density at radius 1 is 1.32 bits per heavy atom. The fourth-order valence-electron chi connectivity index (χ4n) is 2.18. The Morgan fingerprint density at radius 3 is 2.95 bits per heavy atom. The van der Waals surface area contributed by atoms with Crippen LogP contribution >= 0.6 is 0 Å². The number of nitriles is 1. The number of aryl methyl sites for hydroxylation is 1. The SMILES string of the molecule is CCc1nccn1-c1cc(C#N)c2ccccc2n1. The number of hydrogen-bond donors (Lipinski definition) is 0. The molecular formula is C15H12N4. The minimum atomic E-state index is 0.636. The third kappa shape index (κ3) is 1.85. The van der Waals surface area contributed by atoms with E-state index in [1.807, 2.05) is 48.0 Å². The summed E-state index contributed by atoms with van der Waals surface area (Å²) in [7, 11) is 0. The van der Waals surface area contributed by atoms with Crippen LogP contribution in [0.4, 0.5) is 0 Å². The van der Waals surface area contributed by atoms with E-state index in [1.54, 1.807) is 6.20 Å². The van der Waals surface area contributed by atoms with Gasteiger partial charge < -0.3 is 0 Å². The smallest absolute Gasteiger partial charge is 0.140 e. The molecule has 3 rings (SSSR count). The number of imidazole rings is 1. The zero-order chi connectivity index (χ0) is 13.2. The highest BCUT2D eigenvalue weighted by atomic mass is 15.1. The van der Waals surface area contributed by atoms with Crippen molar-refractivity contribution in [3.63, 3.8) is 0 Å². The molecule has 0 spiro atoms. The summed E-state index contributed by atoms with van der Waals surface area (Å²) in [5, 5.41) is 10.2. The predicted molar refractivity (Wildman–Crippen MR) is 73.0 cm³/mol. The second kappa shape index (κ2) is 4.54. The molecule has 0 aliphatic rings. The maximum atomic E-state index is 9.28. The minimum absolute atomic E-state index is 0.636. The number of benzene rings is 1. The van der Waals surface area contributed by atoms with E-state index in [-0.39, 0.29) is 0 Å². The van der Waals surface area contributed by atoms with Gasteiger partial charge in [-0.15, -0.1) is 0 Å². The van der Waals surface area contributed by atoms with Gasteiger partial charge in [0.15, 0.2) is 0 Å². The van der Waals surface area contributed by atoms with Gasteiger partial charge in [0.1, 0.15) is 11.6 Å². The Kier molecular flexibility index (Phi) is 2.73. The molecule has 1 aromatic carbocycles. The van der Waals surface area contributed by atoms with E-state index in [0.29, 0.717) is 5.56 Å². The van der Waals surface area contributed by atoms with Crippen LogP contribution in [-0.2, 0) is 6.42 Å². The van der Waals surface area contributed by atoms with Gasteiger partial charge in [0, 0.05) is 24.2 Å². The highest BCUT2D eigenvalue weighted by Crippen LogP contribution is 2.20. The van der Waals surface area contributed by atoms with Gasteiger partial charge in [0.25, 0.3) is 0 Å². The van der Waals surface area contributed by atoms with Gasteiger partial charge in [-0.3, -0.25) is 4.57 Å². The van der Waals surface area contributed by atoms with Gasteiger partial charge >= 0.3 is 0 Å². The van der Waals surface area contributed by atoms with E-state index in [4.69, 9.17) is 0 Å². The number of nitrogens with zero attached hydrogens (tertiary/aromatic N) is 4. The third-order valence-electron chi connectivity index (χ3n) is 3.10. The molecule has 4 nitrogen and oxygen atoms in total. The maximum absolute atomic E-state index is 9.28. The van der Waals surface area contributed by atoms with Crippen LogP contribution in [0.5, 0.6) is 0 Å². The van der Waals surface area contributed by atoms with Gasteiger partial charge in [-0.1, -0.05) is 25.1 Å². The Morgan fingerprint density at radius 2 is 2.16 bits per heavy atom. The summed E-state index contributed by atoms with van der Waals surface area (Å²) in [5.41, 5.74) is 1.46. The number of fused-ring (bicyclic) bond motifs is 1. The van der Waals surface area contributed by atoms with E-state index in [0.717, 1.165) is 29.0 Å². The molecule has 2 aromatic heterocycles. The van der Waals surface area contributed by atoms with Crippen LogP contribution in [0.1, 0.15) is 18.3 Å². The average Bonchev–Trinajstić information content (AvgIpc) is 2.94. The first kappa shape index (κ1) is 11.4. The van der Waals surface area contributed by atoms with Crippen molar-refractivity contribution >= 4 is 10.9 Å². The van der Waals surface area contributed by atoms with Crippen molar-refractivity contribution in [1.82, 2.24) is 14.5 Å². The molecule has 0 radical (unpaired) electrons. The number of para-hydroxylation sites is 1. The average molecular weight is 248 g/mol. The summed E-state index contributed by atoms with van der Waals surface area (Å²) in [4.78, 5) is 8.89. The van der Waals surface area contributed by atoms with E-state index >= 15 is 0 Å². The van der Waals surface area contributed by atoms with Crippen molar-refractivity contribution in [3.8, 4) is 11.9 Å². The quantitative estimate of drug-likeness (QED) is 0.700. The Labute approximate surface area is 111 Å². The van der Waals surface area contributed by atoms with Crippen LogP contribution < -0.4 is 0 Å². The zero-order valence-corrected chi connectivity index (χ0v) is 10.5. The lowest BCUT2D eigenvalue weighted by molar-refractivity contribution is 0.871. The zero-order valence-electron chi connectivity index (χ0n) is 10.5. The minimum Gasteiger partial charge on any atom is -0.288 e. The summed E-state index contributed by atoms with van der Waals surface area (Å²) in [5.74, 6) is 1.68. The summed E-state index contributed by atoms with van der Waals surface area (Å²) in [6.07, 6.45) is 4.45. The van der Waals surface area contributed by atoms with Gasteiger partial charge in [0.2, 0.25) is 0 Å². The summed E-state index contributed by atoms with van der Waals surface area (Å²) in [6, 6.07) is 11.7. The molecule has 0 saturated heterocycles. The Bertz CT molecular complexity index is 780. The van der Waals surface area contributed by atoms with Crippen LogP contribution in [0.2, 0.25) is 0 Å². The predicted octanol–water partition coefficient (Wildman–Crippen LogP) is 2.85. The first-order valence-corrected chi connectivity index (χ1v) is 6.16. The molecule has 4 heteroatoms. The number of rotatable bonds is 2. The molecule has 0 N–H and O–H groups in total. The topological polar surface area (TPSA) is 54.5 Å². The Hall–Kier alpha value is -2.67. The molecule has 0 bridgehead atoms. The van der Waals surface area contributed by atoms with Crippen LogP contribution in [0, 0.1) is 11.3 Å². The molecular weight excluding hydrogens is 236 g/mol.